The van der Waals surface area contributed by atoms with Gasteiger partial charge in [0, 0.05) is 50.0 Å². The van der Waals surface area contributed by atoms with Crippen LogP contribution in [0.15, 0.2) is 36.7 Å². The van der Waals surface area contributed by atoms with Crippen molar-refractivity contribution in [2.24, 2.45) is 17.6 Å². The minimum Gasteiger partial charge on any atom is -0.386 e. The molecule has 166 valence electrons. The van der Waals surface area contributed by atoms with Gasteiger partial charge in [0.1, 0.15) is 23.1 Å². The van der Waals surface area contributed by atoms with Crippen LogP contribution in [-0.2, 0) is 6.42 Å². The summed E-state index contributed by atoms with van der Waals surface area (Å²) in [6.45, 7) is 1.72. The summed E-state index contributed by atoms with van der Waals surface area (Å²) in [6.07, 6.45) is 4.08. The molecule has 1 saturated heterocycles. The predicted octanol–water partition coefficient (Wildman–Crippen LogP) is 2.32. The summed E-state index contributed by atoms with van der Waals surface area (Å²) in [6, 6.07) is 7.10. The van der Waals surface area contributed by atoms with Crippen LogP contribution in [0, 0.1) is 17.7 Å². The number of hydrogen-bond donors (Lipinski definition) is 3. The Hall–Kier alpha value is -3.79. The minimum absolute atomic E-state index is 0.278. The lowest BCUT2D eigenvalue weighted by molar-refractivity contribution is 0.630. The van der Waals surface area contributed by atoms with Crippen molar-refractivity contribution in [3.05, 3.63) is 54.0 Å². The highest BCUT2D eigenvalue weighted by atomic mass is 19.1. The number of rotatable bonds is 4. The minimum atomic E-state index is -0.300. The van der Waals surface area contributed by atoms with Crippen molar-refractivity contribution in [2.75, 3.05) is 30.4 Å². The molecule has 4 N–H and O–H groups in total. The lowest BCUT2D eigenvalue weighted by Gasteiger charge is -2.21. The summed E-state index contributed by atoms with van der Waals surface area (Å²) in [7, 11) is 1.78. The number of hydrogen-bond acceptors (Lipinski definition) is 7. The number of nitrogens with two attached hydrogens (primary N) is 1. The zero-order valence-corrected chi connectivity index (χ0v) is 18.0. The van der Waals surface area contributed by atoms with Gasteiger partial charge in [0.25, 0.3) is 0 Å². The van der Waals surface area contributed by atoms with E-state index in [1.54, 1.807) is 23.8 Å². The van der Waals surface area contributed by atoms with E-state index in [0.29, 0.717) is 35.4 Å². The third kappa shape index (κ3) is 2.80. The molecule has 2 atom stereocenters. The Morgan fingerprint density at radius 3 is 2.85 bits per heavy atom. The number of halogens is 1. The van der Waals surface area contributed by atoms with E-state index in [1.807, 2.05) is 18.3 Å². The summed E-state index contributed by atoms with van der Waals surface area (Å²) in [4.78, 5) is 19.8. The Morgan fingerprint density at radius 2 is 2.06 bits per heavy atom. The maximum Gasteiger partial charge on any atom is 0.155 e. The Kier molecular flexibility index (Phi) is 3.76. The van der Waals surface area contributed by atoms with Crippen LogP contribution in [0.1, 0.15) is 11.5 Å². The van der Waals surface area contributed by atoms with Gasteiger partial charge in [-0.05, 0) is 30.0 Å². The van der Waals surface area contributed by atoms with E-state index in [0.717, 1.165) is 46.5 Å². The Bertz CT molecular complexity index is 1510. The summed E-state index contributed by atoms with van der Waals surface area (Å²) in [5.41, 5.74) is 10.00. The molecule has 33 heavy (non-hydrogen) atoms. The van der Waals surface area contributed by atoms with Crippen LogP contribution in [-0.4, -0.2) is 55.7 Å². The molecule has 0 bridgehead atoms. The van der Waals surface area contributed by atoms with E-state index in [1.165, 1.54) is 6.07 Å². The maximum absolute atomic E-state index is 14.4. The molecule has 4 aromatic heterocycles. The van der Waals surface area contributed by atoms with Crippen LogP contribution in [0.2, 0.25) is 0 Å². The molecule has 5 heterocycles. The van der Waals surface area contributed by atoms with E-state index < -0.39 is 0 Å². The van der Waals surface area contributed by atoms with Crippen LogP contribution < -0.4 is 16.0 Å². The van der Waals surface area contributed by atoms with Crippen molar-refractivity contribution in [2.45, 2.75) is 12.5 Å². The molecule has 2 unspecified atom stereocenters. The lowest BCUT2D eigenvalue weighted by atomic mass is 10.1. The van der Waals surface area contributed by atoms with Gasteiger partial charge in [-0.15, -0.1) is 0 Å². The fraction of sp³-hybridized carbons (Fsp3) is 0.304. The monoisotopic (exact) mass is 443 g/mol. The zero-order valence-electron chi connectivity index (χ0n) is 18.0. The average molecular weight is 443 g/mol. The molecule has 7 rings (SSSR count). The molecular formula is C23H22FN9. The normalized spacial score (nSPS) is 21.9. The second-order valence-electron chi connectivity index (χ2n) is 8.98. The lowest BCUT2D eigenvalue weighted by Crippen LogP contribution is -2.29. The van der Waals surface area contributed by atoms with E-state index in [-0.39, 0.29) is 11.9 Å². The van der Waals surface area contributed by atoms with E-state index >= 15 is 0 Å². The highest BCUT2D eigenvalue weighted by molar-refractivity contribution is 6.14. The second-order valence-corrected chi connectivity index (χ2v) is 8.98. The molecular weight excluding hydrogens is 421 g/mol. The standard InChI is InChI=1S/C23H22FN9/c1-26-16-6-11(24)5-13-19-22(30-21(13)16)28-17(7-12-8-18-27-3-2-4-33(18)31-12)29-23(19)32-9-14-15(10-32)20(14)25/h2-6,8,14-15,20,26H,7,9-10,25H2,1H3,(H,28,29,30). The van der Waals surface area contributed by atoms with Gasteiger partial charge in [-0.3, -0.25) is 0 Å². The van der Waals surface area contributed by atoms with Crippen molar-refractivity contribution in [3.8, 4) is 0 Å². The largest absolute Gasteiger partial charge is 0.386 e. The summed E-state index contributed by atoms with van der Waals surface area (Å²) in [5.74, 6) is 2.18. The van der Waals surface area contributed by atoms with Crippen molar-refractivity contribution < 1.29 is 4.39 Å². The topological polar surface area (TPSA) is 113 Å². The fourth-order valence-electron chi connectivity index (χ4n) is 5.27. The number of piperidine rings is 1. The molecule has 2 fully saturated rings. The van der Waals surface area contributed by atoms with Crippen LogP contribution in [0.3, 0.4) is 0 Å². The van der Waals surface area contributed by atoms with Gasteiger partial charge in [0.15, 0.2) is 5.65 Å². The molecule has 2 aliphatic rings. The van der Waals surface area contributed by atoms with Crippen LogP contribution in [0.25, 0.3) is 27.6 Å². The first-order valence-corrected chi connectivity index (χ1v) is 11.1. The van der Waals surface area contributed by atoms with Gasteiger partial charge >= 0.3 is 0 Å². The average Bonchev–Trinajstić information content (AvgIpc) is 3.25. The van der Waals surface area contributed by atoms with Crippen LogP contribution in [0.5, 0.6) is 0 Å². The molecule has 1 aromatic carbocycles. The van der Waals surface area contributed by atoms with Gasteiger partial charge in [-0.1, -0.05) is 0 Å². The highest BCUT2D eigenvalue weighted by Crippen LogP contribution is 2.47. The molecule has 10 heteroatoms. The zero-order chi connectivity index (χ0) is 22.3. The van der Waals surface area contributed by atoms with Crippen molar-refractivity contribution in [1.82, 2.24) is 29.5 Å². The first-order valence-electron chi connectivity index (χ1n) is 11.1. The number of anilines is 2. The number of H-pyrrole nitrogens is 1. The highest BCUT2D eigenvalue weighted by Gasteiger charge is 2.54. The second kappa shape index (κ2) is 6.61. The third-order valence-electron chi connectivity index (χ3n) is 7.01. The Balaban J connectivity index is 1.40. The number of nitrogens with zero attached hydrogens (tertiary/aromatic N) is 6. The van der Waals surface area contributed by atoms with Gasteiger partial charge in [0.2, 0.25) is 0 Å². The maximum atomic E-state index is 14.4. The van der Waals surface area contributed by atoms with E-state index in [2.05, 4.69) is 25.3 Å². The first-order chi connectivity index (χ1) is 16.1. The fourth-order valence-corrected chi connectivity index (χ4v) is 5.27. The van der Waals surface area contributed by atoms with Gasteiger partial charge in [0.05, 0.1) is 28.7 Å². The third-order valence-corrected chi connectivity index (χ3v) is 7.01. The summed E-state index contributed by atoms with van der Waals surface area (Å²) < 4.78 is 16.2. The number of aromatic nitrogens is 6. The predicted molar refractivity (Wildman–Crippen MR) is 124 cm³/mol. The number of benzene rings is 1. The smallest absolute Gasteiger partial charge is 0.155 e. The molecule has 1 aliphatic carbocycles. The molecule has 0 radical (unpaired) electrons. The molecule has 0 amide bonds. The van der Waals surface area contributed by atoms with Gasteiger partial charge < -0.3 is 20.9 Å². The molecule has 1 aliphatic heterocycles. The summed E-state index contributed by atoms with van der Waals surface area (Å²) in [5, 5.41) is 9.30. The molecule has 1 saturated carbocycles. The SMILES string of the molecule is CNc1cc(F)cc2c1[nH]c1nc(Cc3cc4ncccn4n3)nc(N3CC4C(N)C4C3)c12. The van der Waals surface area contributed by atoms with Crippen molar-refractivity contribution >= 4 is 39.1 Å². The van der Waals surface area contributed by atoms with Crippen molar-refractivity contribution in [1.29, 1.82) is 0 Å². The van der Waals surface area contributed by atoms with Crippen LogP contribution in [0.4, 0.5) is 15.9 Å². The van der Waals surface area contributed by atoms with Crippen LogP contribution >= 0.6 is 0 Å². The number of aromatic amines is 1. The van der Waals surface area contributed by atoms with Gasteiger partial charge in [-0.25, -0.2) is 23.9 Å². The van der Waals surface area contributed by atoms with Crippen molar-refractivity contribution in [3.63, 3.8) is 0 Å². The first kappa shape index (κ1) is 18.8. The number of nitrogens with one attached hydrogen (secondary N) is 2. The molecule has 5 aromatic rings. The summed E-state index contributed by atoms with van der Waals surface area (Å²) >= 11 is 0. The molecule has 0 spiro atoms. The van der Waals surface area contributed by atoms with E-state index in [4.69, 9.17) is 15.7 Å². The Morgan fingerprint density at radius 1 is 1.21 bits per heavy atom. The van der Waals surface area contributed by atoms with E-state index in [9.17, 15) is 4.39 Å². The van der Waals surface area contributed by atoms with Gasteiger partial charge in [-0.2, -0.15) is 5.10 Å². The molecule has 9 nitrogen and oxygen atoms in total. The number of fused-ring (bicyclic) bond motifs is 5. The quantitative estimate of drug-likeness (QED) is 0.391. The Labute approximate surface area is 187 Å².